The van der Waals surface area contributed by atoms with E-state index in [1.807, 2.05) is 19.1 Å². The van der Waals surface area contributed by atoms with Crippen LogP contribution in [0.2, 0.25) is 0 Å². The zero-order valence-electron chi connectivity index (χ0n) is 16.5. The molecule has 0 bridgehead atoms. The molecule has 1 aliphatic heterocycles. The van der Waals surface area contributed by atoms with Gasteiger partial charge in [-0.05, 0) is 61.6 Å². The van der Waals surface area contributed by atoms with Gasteiger partial charge >= 0.3 is 0 Å². The Hall–Kier alpha value is -3.01. The number of phenolic OH excluding ortho intramolecular Hbond substituents is 1. The molecule has 29 heavy (non-hydrogen) atoms. The topological polar surface area (TPSA) is 93.3 Å². The summed E-state index contributed by atoms with van der Waals surface area (Å²) in [5.41, 5.74) is 4.66. The van der Waals surface area contributed by atoms with E-state index >= 15 is 0 Å². The lowest BCUT2D eigenvalue weighted by Crippen LogP contribution is -2.36. The fourth-order valence-electron chi connectivity index (χ4n) is 4.32. The number of nitrogens with zero attached hydrogens (tertiary/aromatic N) is 4. The maximum atomic E-state index is 10.4. The minimum atomic E-state index is 0.0314. The summed E-state index contributed by atoms with van der Waals surface area (Å²) in [7, 11) is 0. The number of hydrogen-bond donors (Lipinski definition) is 2. The molecule has 2 N–H and O–H groups in total. The first kappa shape index (κ1) is 19.3. The minimum Gasteiger partial charge on any atom is -0.507 e. The molecule has 3 aromatic rings. The molecule has 0 aliphatic carbocycles. The van der Waals surface area contributed by atoms with Crippen LogP contribution in [0.4, 0.5) is 0 Å². The van der Waals surface area contributed by atoms with Crippen LogP contribution in [0.15, 0.2) is 36.4 Å². The molecule has 148 valence electrons. The Morgan fingerprint density at radius 1 is 1.24 bits per heavy atom. The van der Waals surface area contributed by atoms with Gasteiger partial charge in [-0.2, -0.15) is 5.26 Å². The summed E-state index contributed by atoms with van der Waals surface area (Å²) < 4.78 is 0. The van der Waals surface area contributed by atoms with Gasteiger partial charge in [0.25, 0.3) is 0 Å². The van der Waals surface area contributed by atoms with Crippen LogP contribution in [0.25, 0.3) is 22.2 Å². The van der Waals surface area contributed by atoms with Gasteiger partial charge < -0.3 is 15.1 Å². The highest BCUT2D eigenvalue weighted by Gasteiger charge is 2.24. The van der Waals surface area contributed by atoms with Crippen LogP contribution < -0.4 is 0 Å². The predicted molar refractivity (Wildman–Crippen MR) is 112 cm³/mol. The molecule has 1 atom stereocenters. The normalized spacial score (nSPS) is 17.3. The molecular formula is C23H24N4O2. The van der Waals surface area contributed by atoms with E-state index in [-0.39, 0.29) is 12.4 Å². The van der Waals surface area contributed by atoms with Gasteiger partial charge in [0, 0.05) is 24.0 Å². The van der Waals surface area contributed by atoms with Gasteiger partial charge in [0.1, 0.15) is 11.4 Å². The number of fused-ring (bicyclic) bond motifs is 1. The third-order valence-corrected chi connectivity index (χ3v) is 5.82. The number of β-amino-alcohol motifs (C(OH)–C–C–N with tert-alkyl or cyclic N) is 1. The van der Waals surface area contributed by atoms with E-state index in [4.69, 9.17) is 5.26 Å². The molecule has 0 amide bonds. The van der Waals surface area contributed by atoms with E-state index in [2.05, 4.69) is 27.2 Å². The van der Waals surface area contributed by atoms with Crippen LogP contribution in [0, 0.1) is 18.3 Å². The molecule has 0 radical (unpaired) electrons. The minimum absolute atomic E-state index is 0.0314. The number of aliphatic hydroxyl groups excluding tert-OH is 1. The average Bonchev–Trinajstić information content (AvgIpc) is 2.74. The molecular weight excluding hydrogens is 364 g/mol. The summed E-state index contributed by atoms with van der Waals surface area (Å²) in [6, 6.07) is 13.1. The van der Waals surface area contributed by atoms with Crippen molar-refractivity contribution in [1.29, 1.82) is 5.26 Å². The summed E-state index contributed by atoms with van der Waals surface area (Å²) in [5, 5.41) is 38.7. The van der Waals surface area contributed by atoms with Crippen molar-refractivity contribution >= 4 is 10.9 Å². The first-order valence-corrected chi connectivity index (χ1v) is 9.95. The molecule has 6 nitrogen and oxygen atoms in total. The zero-order valence-corrected chi connectivity index (χ0v) is 16.5. The summed E-state index contributed by atoms with van der Waals surface area (Å²) in [6.07, 6.45) is 2.20. The summed E-state index contributed by atoms with van der Waals surface area (Å²) in [6.45, 7) is 4.81. The van der Waals surface area contributed by atoms with Crippen LogP contribution in [-0.4, -0.2) is 51.6 Å². The molecule has 0 unspecified atom stereocenters. The van der Waals surface area contributed by atoms with Crippen molar-refractivity contribution in [2.75, 3.05) is 26.2 Å². The SMILES string of the molecule is Cc1c(-c2ccc(C#N)cc2O)nnc2c([C@H]3CCCN(CCO)C3)cccc12. The molecule has 1 aromatic heterocycles. The first-order chi connectivity index (χ1) is 14.1. The summed E-state index contributed by atoms with van der Waals surface area (Å²) in [5.74, 6) is 0.394. The van der Waals surface area contributed by atoms with Crippen molar-refractivity contribution in [3.05, 3.63) is 53.1 Å². The lowest BCUT2D eigenvalue weighted by atomic mass is 9.88. The van der Waals surface area contributed by atoms with Crippen molar-refractivity contribution in [3.8, 4) is 23.1 Å². The van der Waals surface area contributed by atoms with E-state index in [0.29, 0.717) is 29.3 Å². The molecule has 1 fully saturated rings. The highest BCUT2D eigenvalue weighted by molar-refractivity contribution is 5.89. The molecule has 0 spiro atoms. The Kier molecular flexibility index (Phi) is 5.43. The van der Waals surface area contributed by atoms with Crippen LogP contribution >= 0.6 is 0 Å². The number of benzene rings is 2. The maximum Gasteiger partial charge on any atom is 0.126 e. The molecule has 1 saturated heterocycles. The van der Waals surface area contributed by atoms with Gasteiger partial charge in [-0.25, -0.2) is 0 Å². The Balaban J connectivity index is 1.76. The number of aryl methyl sites for hydroxylation is 1. The fraction of sp³-hybridized carbons (Fsp3) is 0.348. The fourth-order valence-corrected chi connectivity index (χ4v) is 4.32. The van der Waals surface area contributed by atoms with Crippen molar-refractivity contribution in [2.24, 2.45) is 0 Å². The van der Waals surface area contributed by atoms with Gasteiger partial charge in [0.2, 0.25) is 0 Å². The smallest absolute Gasteiger partial charge is 0.126 e. The van der Waals surface area contributed by atoms with E-state index < -0.39 is 0 Å². The largest absolute Gasteiger partial charge is 0.507 e. The lowest BCUT2D eigenvalue weighted by molar-refractivity contribution is 0.161. The maximum absolute atomic E-state index is 10.4. The van der Waals surface area contributed by atoms with E-state index in [9.17, 15) is 10.2 Å². The third-order valence-electron chi connectivity index (χ3n) is 5.82. The van der Waals surface area contributed by atoms with Crippen molar-refractivity contribution in [3.63, 3.8) is 0 Å². The van der Waals surface area contributed by atoms with E-state index in [0.717, 1.165) is 42.4 Å². The van der Waals surface area contributed by atoms with Crippen LogP contribution in [0.1, 0.15) is 35.4 Å². The number of aromatic nitrogens is 2. The number of phenols is 1. The first-order valence-electron chi connectivity index (χ1n) is 9.95. The van der Waals surface area contributed by atoms with Crippen LogP contribution in [0.5, 0.6) is 5.75 Å². The second-order valence-corrected chi connectivity index (χ2v) is 7.62. The monoisotopic (exact) mass is 388 g/mol. The van der Waals surface area contributed by atoms with Gasteiger partial charge in [-0.1, -0.05) is 18.2 Å². The Morgan fingerprint density at radius 3 is 2.86 bits per heavy atom. The number of rotatable bonds is 4. The van der Waals surface area contributed by atoms with Crippen LogP contribution in [-0.2, 0) is 0 Å². The Bertz CT molecular complexity index is 1090. The second-order valence-electron chi connectivity index (χ2n) is 7.62. The number of aromatic hydroxyl groups is 1. The van der Waals surface area contributed by atoms with Gasteiger partial charge in [-0.3, -0.25) is 0 Å². The number of nitriles is 1. The van der Waals surface area contributed by atoms with Crippen LogP contribution in [0.3, 0.4) is 0 Å². The number of hydrogen-bond acceptors (Lipinski definition) is 6. The zero-order chi connectivity index (χ0) is 20.4. The lowest BCUT2D eigenvalue weighted by Gasteiger charge is -2.32. The molecule has 4 rings (SSSR count). The van der Waals surface area contributed by atoms with Gasteiger partial charge in [0.15, 0.2) is 0 Å². The Morgan fingerprint density at radius 2 is 2.10 bits per heavy atom. The molecule has 0 saturated carbocycles. The molecule has 2 heterocycles. The molecule has 1 aliphatic rings. The highest BCUT2D eigenvalue weighted by Crippen LogP contribution is 2.36. The van der Waals surface area contributed by atoms with E-state index in [1.54, 1.807) is 12.1 Å². The standard InChI is InChI=1S/C23H24N4O2/c1-15-18-5-2-6-19(17-4-3-9-27(14-17)10-11-28)23(18)26-25-22(15)20-8-7-16(13-24)12-21(20)29/h2,5-8,12,17,28-29H,3-4,9-11,14H2,1H3/t17-/m0/s1. The van der Waals surface area contributed by atoms with Crippen molar-refractivity contribution in [1.82, 2.24) is 15.1 Å². The second kappa shape index (κ2) is 8.16. The molecule has 6 heteroatoms. The van der Waals surface area contributed by atoms with E-state index in [1.165, 1.54) is 11.6 Å². The van der Waals surface area contributed by atoms with Gasteiger partial charge in [-0.15, -0.1) is 10.2 Å². The summed E-state index contributed by atoms with van der Waals surface area (Å²) >= 11 is 0. The number of piperidine rings is 1. The predicted octanol–water partition coefficient (Wildman–Crippen LogP) is 3.35. The van der Waals surface area contributed by atoms with Crippen molar-refractivity contribution in [2.45, 2.75) is 25.7 Å². The Labute approximate surface area is 170 Å². The third kappa shape index (κ3) is 3.67. The van der Waals surface area contributed by atoms with Gasteiger partial charge in [0.05, 0.1) is 23.8 Å². The van der Waals surface area contributed by atoms with Crippen molar-refractivity contribution < 1.29 is 10.2 Å². The average molecular weight is 388 g/mol. The number of likely N-dealkylation sites (tertiary alicyclic amines) is 1. The highest BCUT2D eigenvalue weighted by atomic mass is 16.3. The summed E-state index contributed by atoms with van der Waals surface area (Å²) in [4.78, 5) is 2.30. The number of aliphatic hydroxyl groups is 1. The molecule has 2 aromatic carbocycles. The quantitative estimate of drug-likeness (QED) is 0.712.